The molecule has 0 radical (unpaired) electrons. The number of aryl methyl sites for hydroxylation is 1. The van der Waals surface area contributed by atoms with Gasteiger partial charge >= 0.3 is 0 Å². The lowest BCUT2D eigenvalue weighted by Crippen LogP contribution is -2.04. The number of methoxy groups -OCH3 is 1. The molecule has 0 saturated carbocycles. The molecule has 1 heterocycles. The Bertz CT molecular complexity index is 1030. The highest BCUT2D eigenvalue weighted by molar-refractivity contribution is 7.09. The van der Waals surface area contributed by atoms with Gasteiger partial charge in [0, 0.05) is 25.1 Å². The quantitative estimate of drug-likeness (QED) is 0.360. The van der Waals surface area contributed by atoms with Crippen molar-refractivity contribution < 1.29 is 9.47 Å². The van der Waals surface area contributed by atoms with Crippen LogP contribution in [0.15, 0.2) is 78.3 Å². The molecule has 0 bridgehead atoms. The van der Waals surface area contributed by atoms with Crippen LogP contribution in [-0.2, 0) is 17.8 Å². The van der Waals surface area contributed by atoms with Crippen LogP contribution in [0.5, 0.6) is 5.75 Å². The summed E-state index contributed by atoms with van der Waals surface area (Å²) in [7, 11) is 1.76. The molecule has 3 nitrogen and oxygen atoms in total. The van der Waals surface area contributed by atoms with E-state index in [1.54, 1.807) is 18.4 Å². The average Bonchev–Trinajstić information content (AvgIpc) is 3.26. The number of ether oxygens (including phenoxy) is 2. The van der Waals surface area contributed by atoms with Crippen LogP contribution in [0.2, 0.25) is 0 Å². The molecule has 3 aromatic carbocycles. The molecule has 142 valence electrons. The smallest absolute Gasteiger partial charge is 0.120 e. The molecule has 0 aliphatic carbocycles. The van der Waals surface area contributed by atoms with Crippen LogP contribution >= 0.6 is 11.3 Å². The third-order valence-electron chi connectivity index (χ3n) is 4.84. The lowest BCUT2D eigenvalue weighted by molar-refractivity contribution is 0.0956. The van der Waals surface area contributed by atoms with E-state index in [1.165, 1.54) is 10.8 Å². The highest BCUT2D eigenvalue weighted by atomic mass is 32.1. The van der Waals surface area contributed by atoms with Crippen LogP contribution in [-0.4, -0.2) is 12.1 Å². The van der Waals surface area contributed by atoms with Crippen molar-refractivity contribution in [3.05, 3.63) is 94.4 Å². The highest BCUT2D eigenvalue weighted by Gasteiger charge is 2.12. The van der Waals surface area contributed by atoms with E-state index in [2.05, 4.69) is 59.6 Å². The molecule has 4 rings (SSSR count). The number of rotatable bonds is 8. The standard InChI is InChI=1S/C24H23NO2S/c1-26-23(11-12-24-25-13-14-28-24)21-7-4-8-22(16-21)27-17-18-9-10-19-5-2-3-6-20(19)15-18/h2-10,13-16,23H,11-12,17H2,1H3. The minimum atomic E-state index is 0.0353. The third-order valence-corrected chi connectivity index (χ3v) is 5.68. The van der Waals surface area contributed by atoms with E-state index in [1.807, 2.05) is 23.7 Å². The third kappa shape index (κ3) is 4.58. The second-order valence-electron chi connectivity index (χ2n) is 6.73. The Labute approximate surface area is 169 Å². The summed E-state index contributed by atoms with van der Waals surface area (Å²) < 4.78 is 11.8. The summed E-state index contributed by atoms with van der Waals surface area (Å²) in [4.78, 5) is 4.36. The summed E-state index contributed by atoms with van der Waals surface area (Å²) >= 11 is 1.69. The lowest BCUT2D eigenvalue weighted by Gasteiger charge is -2.16. The number of aromatic nitrogens is 1. The zero-order valence-corrected chi connectivity index (χ0v) is 16.7. The van der Waals surface area contributed by atoms with Gasteiger partial charge in [0.05, 0.1) is 11.1 Å². The molecule has 0 aliphatic heterocycles. The normalized spacial score (nSPS) is 12.2. The molecule has 0 fully saturated rings. The zero-order chi connectivity index (χ0) is 19.2. The predicted molar refractivity (Wildman–Crippen MR) is 115 cm³/mol. The summed E-state index contributed by atoms with van der Waals surface area (Å²) in [5, 5.41) is 5.64. The number of fused-ring (bicyclic) bond motifs is 1. The molecule has 0 saturated heterocycles. The fourth-order valence-electron chi connectivity index (χ4n) is 3.35. The molecule has 4 aromatic rings. The van der Waals surface area contributed by atoms with Gasteiger partial charge in [-0.3, -0.25) is 0 Å². The van der Waals surface area contributed by atoms with Gasteiger partial charge in [0.15, 0.2) is 0 Å². The molecule has 4 heteroatoms. The Morgan fingerprint density at radius 3 is 2.68 bits per heavy atom. The maximum absolute atomic E-state index is 6.06. The van der Waals surface area contributed by atoms with Gasteiger partial charge in [-0.15, -0.1) is 11.3 Å². The highest BCUT2D eigenvalue weighted by Crippen LogP contribution is 2.27. The zero-order valence-electron chi connectivity index (χ0n) is 15.9. The fraction of sp³-hybridized carbons (Fsp3) is 0.208. The summed E-state index contributed by atoms with van der Waals surface area (Å²) in [5.41, 5.74) is 2.30. The number of nitrogens with zero attached hydrogens (tertiary/aromatic N) is 1. The first-order valence-electron chi connectivity index (χ1n) is 9.43. The fourth-order valence-corrected chi connectivity index (χ4v) is 3.99. The average molecular weight is 390 g/mol. The number of thiazole rings is 1. The van der Waals surface area contributed by atoms with E-state index in [0.717, 1.165) is 34.7 Å². The molecular weight excluding hydrogens is 366 g/mol. The van der Waals surface area contributed by atoms with Crippen LogP contribution in [0.25, 0.3) is 10.8 Å². The van der Waals surface area contributed by atoms with Crippen molar-refractivity contribution in [2.24, 2.45) is 0 Å². The number of hydrogen-bond acceptors (Lipinski definition) is 4. The largest absolute Gasteiger partial charge is 0.489 e. The molecular formula is C24H23NO2S. The second kappa shape index (κ2) is 9.00. The van der Waals surface area contributed by atoms with Crippen molar-refractivity contribution >= 4 is 22.1 Å². The van der Waals surface area contributed by atoms with Crippen molar-refractivity contribution in [3.63, 3.8) is 0 Å². The number of hydrogen-bond donors (Lipinski definition) is 0. The van der Waals surface area contributed by atoms with Crippen molar-refractivity contribution in [1.29, 1.82) is 0 Å². The minimum absolute atomic E-state index is 0.0353. The molecule has 1 unspecified atom stereocenters. The Morgan fingerprint density at radius 1 is 0.964 bits per heavy atom. The maximum Gasteiger partial charge on any atom is 0.120 e. The first-order valence-corrected chi connectivity index (χ1v) is 10.3. The van der Waals surface area contributed by atoms with Gasteiger partial charge in [0.2, 0.25) is 0 Å². The van der Waals surface area contributed by atoms with Gasteiger partial charge < -0.3 is 9.47 Å². The van der Waals surface area contributed by atoms with Crippen LogP contribution in [0.1, 0.15) is 28.7 Å². The lowest BCUT2D eigenvalue weighted by atomic mass is 10.0. The van der Waals surface area contributed by atoms with Gasteiger partial charge in [-0.25, -0.2) is 4.98 Å². The van der Waals surface area contributed by atoms with E-state index in [4.69, 9.17) is 9.47 Å². The van der Waals surface area contributed by atoms with Crippen molar-refractivity contribution in [2.75, 3.05) is 7.11 Å². The van der Waals surface area contributed by atoms with Gasteiger partial charge in [-0.1, -0.05) is 48.5 Å². The van der Waals surface area contributed by atoms with E-state index in [0.29, 0.717) is 6.61 Å². The summed E-state index contributed by atoms with van der Waals surface area (Å²) in [5.74, 6) is 0.863. The molecule has 1 atom stereocenters. The SMILES string of the molecule is COC(CCc1nccs1)c1cccc(OCc2ccc3ccccc3c2)c1. The van der Waals surface area contributed by atoms with E-state index < -0.39 is 0 Å². The molecule has 0 amide bonds. The Morgan fingerprint density at radius 2 is 1.86 bits per heavy atom. The van der Waals surface area contributed by atoms with E-state index >= 15 is 0 Å². The molecule has 0 N–H and O–H groups in total. The van der Waals surface area contributed by atoms with Crippen LogP contribution in [0, 0.1) is 0 Å². The van der Waals surface area contributed by atoms with Gasteiger partial charge in [-0.2, -0.15) is 0 Å². The van der Waals surface area contributed by atoms with Crippen LogP contribution in [0.4, 0.5) is 0 Å². The van der Waals surface area contributed by atoms with E-state index in [9.17, 15) is 0 Å². The summed E-state index contributed by atoms with van der Waals surface area (Å²) in [6.45, 7) is 0.547. The predicted octanol–water partition coefficient (Wildman–Crippen LogP) is 6.20. The Hall–Kier alpha value is -2.69. The second-order valence-corrected chi connectivity index (χ2v) is 7.71. The Kier molecular flexibility index (Phi) is 6.00. The van der Waals surface area contributed by atoms with Gasteiger partial charge in [-0.05, 0) is 46.5 Å². The Balaban J connectivity index is 1.41. The van der Waals surface area contributed by atoms with E-state index in [-0.39, 0.29) is 6.10 Å². The maximum atomic E-state index is 6.06. The van der Waals surface area contributed by atoms with Gasteiger partial charge in [0.1, 0.15) is 12.4 Å². The van der Waals surface area contributed by atoms with Crippen LogP contribution < -0.4 is 4.74 Å². The van der Waals surface area contributed by atoms with Crippen LogP contribution in [0.3, 0.4) is 0 Å². The van der Waals surface area contributed by atoms with Crippen molar-refractivity contribution in [1.82, 2.24) is 4.98 Å². The molecule has 0 aliphatic rings. The summed E-state index contributed by atoms with van der Waals surface area (Å²) in [6.07, 6.45) is 3.70. The van der Waals surface area contributed by atoms with Crippen molar-refractivity contribution in [2.45, 2.75) is 25.6 Å². The minimum Gasteiger partial charge on any atom is -0.489 e. The van der Waals surface area contributed by atoms with Gasteiger partial charge in [0.25, 0.3) is 0 Å². The topological polar surface area (TPSA) is 31.4 Å². The number of benzene rings is 3. The molecule has 0 spiro atoms. The molecule has 28 heavy (non-hydrogen) atoms. The first-order chi connectivity index (χ1) is 13.8. The van der Waals surface area contributed by atoms with Crippen molar-refractivity contribution in [3.8, 4) is 5.75 Å². The molecule has 1 aromatic heterocycles. The summed E-state index contributed by atoms with van der Waals surface area (Å²) in [6, 6.07) is 23.0. The monoisotopic (exact) mass is 389 g/mol. The first kappa shape index (κ1) is 18.7.